The van der Waals surface area contributed by atoms with E-state index in [1.807, 2.05) is 0 Å². The standard InChI is InChI=1S/C20H22BrN3O5S/c1-30(28,29)18-8-6-14(11-17(18)24(26)27)16(10-13-4-2-3-5-13)20(25)23-19-9-7-15(21)12-22-19/h6-9,11-13,16H,2-5,10H2,1H3,(H,22,23,25). The van der Waals surface area contributed by atoms with Crippen molar-refractivity contribution in [1.29, 1.82) is 0 Å². The van der Waals surface area contributed by atoms with E-state index in [4.69, 9.17) is 0 Å². The van der Waals surface area contributed by atoms with Crippen LogP contribution in [0.3, 0.4) is 0 Å². The van der Waals surface area contributed by atoms with Crippen molar-refractivity contribution in [2.24, 2.45) is 5.92 Å². The smallest absolute Gasteiger partial charge is 0.288 e. The van der Waals surface area contributed by atoms with Gasteiger partial charge in [-0.2, -0.15) is 0 Å². The van der Waals surface area contributed by atoms with Crippen LogP contribution >= 0.6 is 15.9 Å². The molecule has 8 nitrogen and oxygen atoms in total. The molecule has 0 bridgehead atoms. The molecule has 0 spiro atoms. The first kappa shape index (κ1) is 22.4. The average molecular weight is 496 g/mol. The maximum absolute atomic E-state index is 13.1. The highest BCUT2D eigenvalue weighted by molar-refractivity contribution is 9.10. The minimum absolute atomic E-state index is 0.321. The largest absolute Gasteiger partial charge is 0.310 e. The fraction of sp³-hybridized carbons (Fsp3) is 0.400. The Morgan fingerprint density at radius 2 is 2.00 bits per heavy atom. The van der Waals surface area contributed by atoms with Crippen LogP contribution in [0.4, 0.5) is 11.5 Å². The van der Waals surface area contributed by atoms with E-state index in [1.54, 1.807) is 18.3 Å². The summed E-state index contributed by atoms with van der Waals surface area (Å²) in [5.41, 5.74) is -0.0865. The SMILES string of the molecule is CS(=O)(=O)c1ccc(C(CC2CCCC2)C(=O)Nc2ccc(Br)cn2)cc1[N+](=O)[O-]. The highest BCUT2D eigenvalue weighted by atomic mass is 79.9. The number of nitro groups is 1. The van der Waals surface area contributed by atoms with Crippen molar-refractivity contribution in [3.8, 4) is 0 Å². The van der Waals surface area contributed by atoms with E-state index in [-0.39, 0.29) is 10.8 Å². The van der Waals surface area contributed by atoms with Crippen molar-refractivity contribution in [3.63, 3.8) is 0 Å². The van der Waals surface area contributed by atoms with Gasteiger partial charge in [-0.25, -0.2) is 13.4 Å². The second-order valence-corrected chi connectivity index (χ2v) is 10.4. The number of rotatable bonds is 7. The number of pyridine rings is 1. The van der Waals surface area contributed by atoms with Gasteiger partial charge in [0.1, 0.15) is 10.7 Å². The quantitative estimate of drug-likeness (QED) is 0.447. The number of hydrogen-bond acceptors (Lipinski definition) is 6. The number of halogens is 1. The van der Waals surface area contributed by atoms with Crippen molar-refractivity contribution >= 4 is 43.2 Å². The van der Waals surface area contributed by atoms with E-state index in [0.717, 1.165) is 36.4 Å². The zero-order valence-corrected chi connectivity index (χ0v) is 18.8. The number of anilines is 1. The number of aromatic nitrogens is 1. The first-order valence-electron chi connectivity index (χ1n) is 9.56. The molecule has 1 aliphatic rings. The first-order chi connectivity index (χ1) is 14.1. The normalized spacial score (nSPS) is 15.7. The molecule has 1 aromatic carbocycles. The summed E-state index contributed by atoms with van der Waals surface area (Å²) in [6.45, 7) is 0. The van der Waals surface area contributed by atoms with Crippen LogP contribution in [0.15, 0.2) is 45.9 Å². The first-order valence-corrected chi connectivity index (χ1v) is 12.2. The molecule has 1 unspecified atom stereocenters. The number of nitrogens with zero attached hydrogens (tertiary/aromatic N) is 2. The van der Waals surface area contributed by atoms with Crippen LogP contribution in [0, 0.1) is 16.0 Å². The van der Waals surface area contributed by atoms with E-state index in [2.05, 4.69) is 26.2 Å². The molecule has 1 N–H and O–H groups in total. The van der Waals surface area contributed by atoms with Crippen molar-refractivity contribution in [3.05, 3.63) is 56.7 Å². The Kier molecular flexibility index (Phi) is 6.87. The molecule has 2 aromatic rings. The van der Waals surface area contributed by atoms with Gasteiger partial charge in [0.15, 0.2) is 9.84 Å². The fourth-order valence-corrected chi connectivity index (χ4v) is 4.91. The van der Waals surface area contributed by atoms with Crippen LogP contribution in [0.25, 0.3) is 0 Å². The number of hydrogen-bond donors (Lipinski definition) is 1. The van der Waals surface area contributed by atoms with Crippen LogP contribution in [0.5, 0.6) is 0 Å². The number of carbonyl (C=O) groups excluding carboxylic acids is 1. The topological polar surface area (TPSA) is 119 Å². The summed E-state index contributed by atoms with van der Waals surface area (Å²) in [7, 11) is -3.77. The maximum Gasteiger partial charge on any atom is 0.288 e. The molecule has 0 radical (unpaired) electrons. The highest BCUT2D eigenvalue weighted by Gasteiger charge is 2.30. The molecule has 1 heterocycles. The Morgan fingerprint density at radius 3 is 2.57 bits per heavy atom. The van der Waals surface area contributed by atoms with Gasteiger partial charge in [-0.3, -0.25) is 14.9 Å². The molecule has 30 heavy (non-hydrogen) atoms. The lowest BCUT2D eigenvalue weighted by molar-refractivity contribution is -0.387. The lowest BCUT2D eigenvalue weighted by Crippen LogP contribution is -2.24. The number of nitrogens with one attached hydrogen (secondary N) is 1. The Hall–Kier alpha value is -2.33. The lowest BCUT2D eigenvalue weighted by atomic mass is 9.87. The number of benzene rings is 1. The van der Waals surface area contributed by atoms with Gasteiger partial charge >= 0.3 is 0 Å². The molecule has 1 atom stereocenters. The third-order valence-electron chi connectivity index (χ3n) is 5.32. The van der Waals surface area contributed by atoms with Gasteiger partial charge in [-0.15, -0.1) is 0 Å². The summed E-state index contributed by atoms with van der Waals surface area (Å²) in [6.07, 6.45) is 7.23. The van der Waals surface area contributed by atoms with Gasteiger partial charge in [0.25, 0.3) is 5.69 Å². The lowest BCUT2D eigenvalue weighted by Gasteiger charge is -2.21. The predicted octanol–water partition coefficient (Wildman–Crippen LogP) is 4.46. The highest BCUT2D eigenvalue weighted by Crippen LogP contribution is 2.37. The molecule has 10 heteroatoms. The number of carbonyl (C=O) groups is 1. The van der Waals surface area contributed by atoms with Gasteiger partial charge in [-0.1, -0.05) is 31.7 Å². The summed E-state index contributed by atoms with van der Waals surface area (Å²) in [6, 6.07) is 7.34. The van der Waals surface area contributed by atoms with Crippen molar-refractivity contribution in [2.75, 3.05) is 11.6 Å². The van der Waals surface area contributed by atoms with E-state index >= 15 is 0 Å². The van der Waals surface area contributed by atoms with Crippen LogP contribution in [-0.2, 0) is 14.6 Å². The number of nitro benzene ring substituents is 1. The van der Waals surface area contributed by atoms with Crippen LogP contribution in [0.1, 0.15) is 43.6 Å². The molecule has 3 rings (SSSR count). The van der Waals surface area contributed by atoms with Gasteiger partial charge in [0.2, 0.25) is 5.91 Å². The van der Waals surface area contributed by atoms with Gasteiger partial charge in [-0.05, 0) is 52.0 Å². The van der Waals surface area contributed by atoms with Crippen LogP contribution < -0.4 is 5.32 Å². The fourth-order valence-electron chi connectivity index (χ4n) is 3.84. The summed E-state index contributed by atoms with van der Waals surface area (Å²) < 4.78 is 24.6. The van der Waals surface area contributed by atoms with Gasteiger partial charge < -0.3 is 5.32 Å². The zero-order chi connectivity index (χ0) is 21.9. The Bertz CT molecular complexity index is 1050. The molecular formula is C20H22BrN3O5S. The molecular weight excluding hydrogens is 474 g/mol. The van der Waals surface area contributed by atoms with Crippen LogP contribution in [-0.4, -0.2) is 30.5 Å². The van der Waals surface area contributed by atoms with E-state index in [0.29, 0.717) is 23.7 Å². The summed E-state index contributed by atoms with van der Waals surface area (Å²) in [4.78, 5) is 27.7. The predicted molar refractivity (Wildman–Crippen MR) is 116 cm³/mol. The second kappa shape index (κ2) is 9.22. The number of amides is 1. The van der Waals surface area contributed by atoms with Crippen LogP contribution in [0.2, 0.25) is 0 Å². The minimum Gasteiger partial charge on any atom is -0.310 e. The van der Waals surface area contributed by atoms with Crippen molar-refractivity contribution in [1.82, 2.24) is 4.98 Å². The third kappa shape index (κ3) is 5.42. The molecule has 0 aliphatic heterocycles. The van der Waals surface area contributed by atoms with E-state index in [9.17, 15) is 23.3 Å². The summed E-state index contributed by atoms with van der Waals surface area (Å²) >= 11 is 3.29. The maximum atomic E-state index is 13.1. The molecule has 1 aromatic heterocycles. The molecule has 0 saturated heterocycles. The Labute approximate surface area is 183 Å². The zero-order valence-electron chi connectivity index (χ0n) is 16.4. The summed E-state index contributed by atoms with van der Waals surface area (Å²) in [5, 5.41) is 14.3. The Morgan fingerprint density at radius 1 is 1.30 bits per heavy atom. The Balaban J connectivity index is 1.96. The average Bonchev–Trinajstić information content (AvgIpc) is 3.20. The number of sulfone groups is 1. The second-order valence-electron chi connectivity index (χ2n) is 7.55. The van der Waals surface area contributed by atoms with Gasteiger partial charge in [0, 0.05) is 23.0 Å². The van der Waals surface area contributed by atoms with Gasteiger partial charge in [0.05, 0.1) is 10.8 Å². The van der Waals surface area contributed by atoms with Crippen molar-refractivity contribution in [2.45, 2.75) is 42.9 Å². The molecule has 160 valence electrons. The molecule has 1 fully saturated rings. The summed E-state index contributed by atoms with van der Waals surface area (Å²) in [5.74, 6) is -0.252. The third-order valence-corrected chi connectivity index (χ3v) is 6.93. The molecule has 1 amide bonds. The van der Waals surface area contributed by atoms with Crippen molar-refractivity contribution < 1.29 is 18.1 Å². The minimum atomic E-state index is -3.77. The van der Waals surface area contributed by atoms with E-state index < -0.39 is 26.4 Å². The molecule has 1 saturated carbocycles. The van der Waals surface area contributed by atoms with E-state index in [1.165, 1.54) is 18.2 Å². The molecule has 1 aliphatic carbocycles. The monoisotopic (exact) mass is 495 g/mol.